The molecule has 15 heteroatoms. The van der Waals surface area contributed by atoms with Crippen molar-refractivity contribution in [2.75, 3.05) is 0 Å². The number of hydrogen-bond donors (Lipinski definition) is 0. The first kappa shape index (κ1) is 44.5. The van der Waals surface area contributed by atoms with E-state index in [1.54, 1.807) is 146 Å². The fraction of sp³-hybridized carbons (Fsp3) is 0.125. The van der Waals surface area contributed by atoms with Crippen molar-refractivity contribution in [2.45, 2.75) is 41.5 Å². The summed E-state index contributed by atoms with van der Waals surface area (Å²) in [5, 5.41) is 0. The van der Waals surface area contributed by atoms with Crippen molar-refractivity contribution < 1.29 is 54.4 Å². The van der Waals surface area contributed by atoms with E-state index in [0.29, 0.717) is 0 Å². The van der Waals surface area contributed by atoms with E-state index in [1.165, 1.54) is 18.2 Å². The maximum atomic E-state index is 14.8. The Bertz CT molecular complexity index is 2300. The summed E-state index contributed by atoms with van der Waals surface area (Å²) in [5.74, 6) is 0.234. The van der Waals surface area contributed by atoms with Gasteiger partial charge in [0.05, 0.1) is 0 Å². The smallest absolute Gasteiger partial charge is 0.386 e. The third kappa shape index (κ3) is 13.0. The van der Waals surface area contributed by atoms with Crippen LogP contribution >= 0.6 is 23.5 Å². The van der Waals surface area contributed by atoms with Gasteiger partial charge in [-0.25, -0.2) is 0 Å². The van der Waals surface area contributed by atoms with E-state index >= 15 is 0 Å². The van der Waals surface area contributed by atoms with Crippen LogP contribution in [0.5, 0.6) is 51.7 Å². The lowest BCUT2D eigenvalue weighted by Crippen LogP contribution is -2.10. The summed E-state index contributed by atoms with van der Waals surface area (Å²) in [5.41, 5.74) is 5.58. The van der Waals surface area contributed by atoms with Gasteiger partial charge in [0, 0.05) is 18.2 Å². The first-order valence-electron chi connectivity index (χ1n) is 19.7. The summed E-state index contributed by atoms with van der Waals surface area (Å²) in [6.45, 7) is 11.4. The topological polar surface area (TPSA) is 134 Å². The number of phosphoric ester groups is 3. The fourth-order valence-electron chi connectivity index (χ4n) is 5.63. The van der Waals surface area contributed by atoms with Crippen molar-refractivity contribution >= 4 is 23.5 Å². The second-order valence-electron chi connectivity index (χ2n) is 14.7. The lowest BCUT2D eigenvalue weighted by Gasteiger charge is -2.23. The molecule has 7 aromatic carbocycles. The number of rotatable bonds is 18. The molecule has 7 rings (SSSR count). The summed E-state index contributed by atoms with van der Waals surface area (Å²) in [6.07, 6.45) is 0. The Kier molecular flexibility index (Phi) is 13.6. The zero-order chi connectivity index (χ0) is 44.6. The second-order valence-corrected chi connectivity index (χ2v) is 19.0. The Morgan fingerprint density at radius 2 is 0.349 bits per heavy atom. The van der Waals surface area contributed by atoms with Gasteiger partial charge in [0.25, 0.3) is 0 Å². The van der Waals surface area contributed by atoms with Crippen LogP contribution in [0.4, 0.5) is 0 Å². The molecule has 0 atom stereocenters. The van der Waals surface area contributed by atoms with Crippen LogP contribution < -0.4 is 40.7 Å². The van der Waals surface area contributed by atoms with Crippen molar-refractivity contribution in [3.8, 4) is 51.7 Å². The normalized spacial score (nSPS) is 11.5. The summed E-state index contributed by atoms with van der Waals surface area (Å²) in [4.78, 5) is 0. The average Bonchev–Trinajstić information content (AvgIpc) is 3.23. The molecule has 12 nitrogen and oxygen atoms in total. The predicted octanol–water partition coefficient (Wildman–Crippen LogP) is 14.5. The number of aryl methyl sites for hydroxylation is 6. The second kappa shape index (κ2) is 19.2. The largest absolute Gasteiger partial charge is 0.647 e. The van der Waals surface area contributed by atoms with Crippen LogP contribution in [0.15, 0.2) is 164 Å². The van der Waals surface area contributed by atoms with Gasteiger partial charge in [-0.3, -0.25) is 0 Å². The highest BCUT2D eigenvalue weighted by molar-refractivity contribution is 7.50. The molecular formula is C48H45O12P3. The Morgan fingerprint density at radius 1 is 0.222 bits per heavy atom. The predicted molar refractivity (Wildman–Crippen MR) is 242 cm³/mol. The van der Waals surface area contributed by atoms with Gasteiger partial charge in [-0.2, -0.15) is 13.7 Å². The van der Waals surface area contributed by atoms with Crippen LogP contribution in [0.3, 0.4) is 0 Å². The molecule has 0 aliphatic heterocycles. The molecule has 324 valence electrons. The van der Waals surface area contributed by atoms with Gasteiger partial charge in [0.1, 0.15) is 51.7 Å². The summed E-state index contributed by atoms with van der Waals surface area (Å²) in [6, 6.07) is 44.3. The molecule has 0 unspecified atom stereocenters. The standard InChI is InChI=1S/C48H45O12P3/c1-34-7-19-40(20-8-34)52-61(49,53-41-21-9-35(2)10-22-41)58-46-31-47(59-62(50,54-42-23-11-36(3)12-24-42)55-43-25-13-37(4)14-26-43)33-48(32-46)60-63(51,56-44-27-15-38(5)16-28-44)57-45-29-17-39(6)18-30-45/h7-33H,1-6H3. The van der Waals surface area contributed by atoms with E-state index < -0.39 is 23.5 Å². The van der Waals surface area contributed by atoms with Crippen LogP contribution in [0.1, 0.15) is 33.4 Å². The van der Waals surface area contributed by atoms with Crippen molar-refractivity contribution in [3.05, 3.63) is 197 Å². The van der Waals surface area contributed by atoms with Crippen molar-refractivity contribution in [3.63, 3.8) is 0 Å². The molecule has 0 spiro atoms. The number of benzene rings is 7. The lowest BCUT2D eigenvalue weighted by molar-refractivity contribution is 0.291. The molecule has 0 heterocycles. The average molecular weight is 907 g/mol. The van der Waals surface area contributed by atoms with Gasteiger partial charge >= 0.3 is 23.5 Å². The lowest BCUT2D eigenvalue weighted by atomic mass is 10.2. The van der Waals surface area contributed by atoms with E-state index in [2.05, 4.69) is 0 Å². The monoisotopic (exact) mass is 906 g/mol. The van der Waals surface area contributed by atoms with Gasteiger partial charge in [-0.05, 0) is 114 Å². The van der Waals surface area contributed by atoms with E-state index in [-0.39, 0.29) is 51.7 Å². The van der Waals surface area contributed by atoms with E-state index in [0.717, 1.165) is 33.4 Å². The highest BCUT2D eigenvalue weighted by Gasteiger charge is 2.38. The van der Waals surface area contributed by atoms with Gasteiger partial charge in [0.15, 0.2) is 0 Å². The van der Waals surface area contributed by atoms with Crippen molar-refractivity contribution in [1.82, 2.24) is 0 Å². The Morgan fingerprint density at radius 3 is 0.492 bits per heavy atom. The molecule has 0 saturated heterocycles. The third-order valence-electron chi connectivity index (χ3n) is 8.93. The van der Waals surface area contributed by atoms with Crippen molar-refractivity contribution in [1.29, 1.82) is 0 Å². The highest BCUT2D eigenvalue weighted by atomic mass is 31.2. The first-order chi connectivity index (χ1) is 30.1. The molecule has 0 radical (unpaired) electrons. The number of phosphoric acid groups is 3. The molecule has 0 amide bonds. The van der Waals surface area contributed by atoms with Crippen molar-refractivity contribution in [2.24, 2.45) is 0 Å². The maximum absolute atomic E-state index is 14.8. The molecular weight excluding hydrogens is 861 g/mol. The molecule has 0 N–H and O–H groups in total. The molecule has 0 fully saturated rings. The van der Waals surface area contributed by atoms with Gasteiger partial charge in [0.2, 0.25) is 0 Å². The van der Waals surface area contributed by atoms with E-state index in [9.17, 15) is 13.7 Å². The molecule has 0 aromatic heterocycles. The summed E-state index contributed by atoms with van der Waals surface area (Å²) in [7, 11) is -14.0. The van der Waals surface area contributed by atoms with Crippen LogP contribution in [-0.2, 0) is 13.7 Å². The minimum atomic E-state index is -4.67. The van der Waals surface area contributed by atoms with Crippen LogP contribution in [0.2, 0.25) is 0 Å². The highest BCUT2D eigenvalue weighted by Crippen LogP contribution is 2.56. The molecule has 7 aromatic rings. The molecule has 0 aliphatic carbocycles. The van der Waals surface area contributed by atoms with Crippen LogP contribution in [0.25, 0.3) is 0 Å². The Labute approximate surface area is 367 Å². The summed E-state index contributed by atoms with van der Waals surface area (Å²) >= 11 is 0. The number of hydrogen-bond acceptors (Lipinski definition) is 12. The SMILES string of the molecule is Cc1ccc(OP(=O)(Oc2ccc(C)cc2)Oc2cc(OP(=O)(Oc3ccc(C)cc3)Oc3ccc(C)cc3)cc(OP(=O)(Oc3ccc(C)cc3)Oc3ccc(C)cc3)c2)cc1. The molecule has 0 bridgehead atoms. The molecule has 63 heavy (non-hydrogen) atoms. The summed E-state index contributed by atoms with van der Waals surface area (Å²) < 4.78 is 98.5. The quantitative estimate of drug-likeness (QED) is 0.0759. The van der Waals surface area contributed by atoms with Gasteiger partial charge < -0.3 is 40.7 Å². The molecule has 0 saturated carbocycles. The van der Waals surface area contributed by atoms with E-state index in [4.69, 9.17) is 40.7 Å². The van der Waals surface area contributed by atoms with Gasteiger partial charge in [-0.15, -0.1) is 0 Å². The van der Waals surface area contributed by atoms with E-state index in [1.807, 2.05) is 41.5 Å². The Balaban J connectivity index is 1.33. The Hall–Kier alpha value is -6.57. The van der Waals surface area contributed by atoms with Crippen LogP contribution in [0, 0.1) is 41.5 Å². The van der Waals surface area contributed by atoms with Gasteiger partial charge in [-0.1, -0.05) is 106 Å². The zero-order valence-corrected chi connectivity index (χ0v) is 38.0. The minimum Gasteiger partial charge on any atom is -0.386 e. The maximum Gasteiger partial charge on any atom is 0.647 e. The minimum absolute atomic E-state index is 0.171. The first-order valence-corrected chi connectivity index (χ1v) is 24.1. The fourth-order valence-corrected chi connectivity index (χ4v) is 9.33. The molecule has 0 aliphatic rings. The van der Waals surface area contributed by atoms with Crippen LogP contribution in [-0.4, -0.2) is 0 Å². The third-order valence-corrected chi connectivity index (χ3v) is 12.8. The zero-order valence-electron chi connectivity index (χ0n) is 35.3.